The van der Waals surface area contributed by atoms with Gasteiger partial charge in [-0.05, 0) is 41.8 Å². The highest BCUT2D eigenvalue weighted by Crippen LogP contribution is 2.20. The Morgan fingerprint density at radius 1 is 1.64 bits per heavy atom. The molecule has 3 nitrogen and oxygen atoms in total. The zero-order valence-electron chi connectivity index (χ0n) is 7.88. The Bertz CT molecular complexity index is 374. The van der Waals surface area contributed by atoms with Crippen LogP contribution < -0.4 is 5.32 Å². The molecule has 0 bridgehead atoms. The van der Waals surface area contributed by atoms with E-state index in [-0.39, 0.29) is 5.91 Å². The van der Waals surface area contributed by atoms with Gasteiger partial charge < -0.3 is 5.32 Å². The lowest BCUT2D eigenvalue weighted by atomic mass is 10.2. The summed E-state index contributed by atoms with van der Waals surface area (Å²) in [4.78, 5) is 15.7. The molecule has 2 rings (SSSR count). The van der Waals surface area contributed by atoms with Crippen molar-refractivity contribution in [2.45, 2.75) is 25.8 Å². The summed E-state index contributed by atoms with van der Waals surface area (Å²) >= 11 is 3.35. The summed E-state index contributed by atoms with van der Waals surface area (Å²) in [5.74, 6) is -0.0271. The van der Waals surface area contributed by atoms with E-state index < -0.39 is 0 Å². The van der Waals surface area contributed by atoms with E-state index in [0.29, 0.717) is 11.6 Å². The number of aromatic nitrogens is 1. The monoisotopic (exact) mass is 254 g/mol. The summed E-state index contributed by atoms with van der Waals surface area (Å²) < 4.78 is 0.876. The van der Waals surface area contributed by atoms with Gasteiger partial charge in [-0.2, -0.15) is 0 Å². The number of pyridine rings is 1. The van der Waals surface area contributed by atoms with Crippen LogP contribution in [0.5, 0.6) is 0 Å². The second kappa shape index (κ2) is 3.69. The largest absolute Gasteiger partial charge is 0.349 e. The first kappa shape index (κ1) is 9.65. The Morgan fingerprint density at radius 2 is 2.36 bits per heavy atom. The molecule has 14 heavy (non-hydrogen) atoms. The van der Waals surface area contributed by atoms with Crippen LogP contribution >= 0.6 is 15.9 Å². The molecule has 1 aliphatic carbocycles. The Balaban J connectivity index is 2.14. The van der Waals surface area contributed by atoms with Gasteiger partial charge in [0, 0.05) is 16.7 Å². The first-order valence-electron chi connectivity index (χ1n) is 4.60. The molecule has 1 aliphatic rings. The van der Waals surface area contributed by atoms with E-state index in [1.165, 1.54) is 0 Å². The molecule has 1 saturated carbocycles. The van der Waals surface area contributed by atoms with E-state index in [4.69, 9.17) is 0 Å². The maximum Gasteiger partial charge on any atom is 0.253 e. The van der Waals surface area contributed by atoms with Crippen LogP contribution in [0.3, 0.4) is 0 Å². The summed E-state index contributed by atoms with van der Waals surface area (Å²) in [6.07, 6.45) is 3.82. The predicted molar refractivity (Wildman–Crippen MR) is 57.2 cm³/mol. The van der Waals surface area contributed by atoms with E-state index in [1.807, 2.05) is 6.92 Å². The maximum atomic E-state index is 11.6. The number of hydrogen-bond donors (Lipinski definition) is 1. The minimum absolute atomic E-state index is 0.0271. The van der Waals surface area contributed by atoms with Crippen LogP contribution in [0.2, 0.25) is 0 Å². The van der Waals surface area contributed by atoms with Crippen molar-refractivity contribution in [3.63, 3.8) is 0 Å². The third kappa shape index (κ3) is 2.12. The van der Waals surface area contributed by atoms with E-state index >= 15 is 0 Å². The summed E-state index contributed by atoms with van der Waals surface area (Å²) in [6, 6.07) is 2.20. The Kier molecular flexibility index (Phi) is 2.54. The lowest BCUT2D eigenvalue weighted by molar-refractivity contribution is 0.0950. The Labute approximate surface area is 91.0 Å². The average molecular weight is 255 g/mol. The lowest BCUT2D eigenvalue weighted by Crippen LogP contribution is -2.25. The second-order valence-electron chi connectivity index (χ2n) is 3.54. The van der Waals surface area contributed by atoms with Crippen molar-refractivity contribution >= 4 is 21.8 Å². The number of rotatable bonds is 2. The molecule has 0 unspecified atom stereocenters. The lowest BCUT2D eigenvalue weighted by Gasteiger charge is -2.04. The molecule has 0 aromatic carbocycles. The third-order valence-electron chi connectivity index (χ3n) is 2.20. The van der Waals surface area contributed by atoms with Gasteiger partial charge in [0.25, 0.3) is 5.91 Å². The van der Waals surface area contributed by atoms with Crippen LogP contribution in [0.1, 0.15) is 28.9 Å². The third-order valence-corrected chi connectivity index (χ3v) is 3.00. The average Bonchev–Trinajstić information content (AvgIpc) is 2.93. The number of hydrogen-bond acceptors (Lipinski definition) is 2. The van der Waals surface area contributed by atoms with Gasteiger partial charge in [0.2, 0.25) is 0 Å². The van der Waals surface area contributed by atoms with Crippen LogP contribution in [0.15, 0.2) is 16.7 Å². The molecule has 1 aromatic heterocycles. The van der Waals surface area contributed by atoms with E-state index in [9.17, 15) is 4.79 Å². The van der Waals surface area contributed by atoms with Gasteiger partial charge in [-0.3, -0.25) is 9.78 Å². The van der Waals surface area contributed by atoms with Crippen molar-refractivity contribution < 1.29 is 4.79 Å². The zero-order valence-corrected chi connectivity index (χ0v) is 9.47. The fraction of sp³-hybridized carbons (Fsp3) is 0.400. The molecule has 0 saturated heterocycles. The van der Waals surface area contributed by atoms with Gasteiger partial charge in [0.1, 0.15) is 0 Å². The highest BCUT2D eigenvalue weighted by atomic mass is 79.9. The fourth-order valence-electron chi connectivity index (χ4n) is 1.13. The van der Waals surface area contributed by atoms with Crippen molar-refractivity contribution in [1.82, 2.24) is 10.3 Å². The highest BCUT2D eigenvalue weighted by molar-refractivity contribution is 9.10. The van der Waals surface area contributed by atoms with Crippen LogP contribution in [0.4, 0.5) is 0 Å². The SMILES string of the molecule is Cc1ncc(C(=O)NC2CC2)cc1Br. The van der Waals surface area contributed by atoms with Gasteiger partial charge >= 0.3 is 0 Å². The van der Waals surface area contributed by atoms with Gasteiger partial charge in [-0.15, -0.1) is 0 Å². The van der Waals surface area contributed by atoms with Gasteiger partial charge in [-0.1, -0.05) is 0 Å². The molecule has 1 aromatic rings. The maximum absolute atomic E-state index is 11.6. The summed E-state index contributed by atoms with van der Waals surface area (Å²) in [5.41, 5.74) is 1.52. The van der Waals surface area contributed by atoms with Crippen molar-refractivity contribution in [2.75, 3.05) is 0 Å². The number of carbonyl (C=O) groups is 1. The number of amides is 1. The Morgan fingerprint density at radius 3 is 2.93 bits per heavy atom. The standard InChI is InChI=1S/C10H11BrN2O/c1-6-9(11)4-7(5-12-6)10(14)13-8-2-3-8/h4-5,8H,2-3H2,1H3,(H,13,14). The van der Waals surface area contributed by atoms with E-state index in [2.05, 4.69) is 26.2 Å². The Hall–Kier alpha value is -0.900. The second-order valence-corrected chi connectivity index (χ2v) is 4.39. The molecule has 1 amide bonds. The van der Waals surface area contributed by atoms with Crippen LogP contribution in [0, 0.1) is 6.92 Å². The van der Waals surface area contributed by atoms with Crippen molar-refractivity contribution in [1.29, 1.82) is 0 Å². The molecule has 0 radical (unpaired) electrons. The first-order chi connectivity index (χ1) is 6.66. The molecule has 74 valence electrons. The molecule has 1 heterocycles. The number of nitrogens with zero attached hydrogens (tertiary/aromatic N) is 1. The fourth-order valence-corrected chi connectivity index (χ4v) is 1.48. The normalized spacial score (nSPS) is 15.3. The van der Waals surface area contributed by atoms with E-state index in [0.717, 1.165) is 23.0 Å². The molecule has 1 N–H and O–H groups in total. The minimum atomic E-state index is -0.0271. The van der Waals surface area contributed by atoms with E-state index in [1.54, 1.807) is 12.3 Å². The number of carbonyl (C=O) groups excluding carboxylic acids is 1. The van der Waals surface area contributed by atoms with Crippen molar-refractivity contribution in [3.05, 3.63) is 28.0 Å². The number of aryl methyl sites for hydroxylation is 1. The first-order valence-corrected chi connectivity index (χ1v) is 5.39. The number of nitrogens with one attached hydrogen (secondary N) is 1. The van der Waals surface area contributed by atoms with Gasteiger partial charge in [0.05, 0.1) is 11.3 Å². The topological polar surface area (TPSA) is 42.0 Å². The smallest absolute Gasteiger partial charge is 0.253 e. The zero-order chi connectivity index (χ0) is 10.1. The van der Waals surface area contributed by atoms with Crippen LogP contribution in [-0.4, -0.2) is 16.9 Å². The van der Waals surface area contributed by atoms with Crippen LogP contribution in [0.25, 0.3) is 0 Å². The number of halogens is 1. The summed E-state index contributed by atoms with van der Waals surface area (Å²) in [6.45, 7) is 1.90. The molecule has 0 aliphatic heterocycles. The van der Waals surface area contributed by atoms with Crippen molar-refractivity contribution in [2.24, 2.45) is 0 Å². The molecule has 0 spiro atoms. The van der Waals surface area contributed by atoms with Crippen molar-refractivity contribution in [3.8, 4) is 0 Å². The van der Waals surface area contributed by atoms with Gasteiger partial charge in [-0.25, -0.2) is 0 Å². The van der Waals surface area contributed by atoms with Gasteiger partial charge in [0.15, 0.2) is 0 Å². The quantitative estimate of drug-likeness (QED) is 0.878. The predicted octanol–water partition coefficient (Wildman–Crippen LogP) is 2.04. The highest BCUT2D eigenvalue weighted by Gasteiger charge is 2.23. The molecular formula is C10H11BrN2O. The summed E-state index contributed by atoms with van der Waals surface area (Å²) in [5, 5.41) is 2.92. The summed E-state index contributed by atoms with van der Waals surface area (Å²) in [7, 11) is 0. The minimum Gasteiger partial charge on any atom is -0.349 e. The molecule has 1 fully saturated rings. The molecule has 4 heteroatoms. The molecular weight excluding hydrogens is 244 g/mol. The van der Waals surface area contributed by atoms with Crippen LogP contribution in [-0.2, 0) is 0 Å². The molecule has 0 atom stereocenters.